The van der Waals surface area contributed by atoms with Gasteiger partial charge in [-0.25, -0.2) is 0 Å². The Bertz CT molecular complexity index is 378. The summed E-state index contributed by atoms with van der Waals surface area (Å²) < 4.78 is 0. The Kier molecular flexibility index (Phi) is 1.45. The molecule has 1 heterocycles. The Morgan fingerprint density at radius 3 is 2.79 bits per heavy atom. The number of nitrogens with one attached hydrogen (secondary N) is 1. The summed E-state index contributed by atoms with van der Waals surface area (Å²) in [6.07, 6.45) is 3.64. The van der Waals surface area contributed by atoms with Crippen molar-refractivity contribution in [2.45, 2.75) is 45.1 Å². The molecule has 76 valence electrons. The van der Waals surface area contributed by atoms with Gasteiger partial charge in [-0.2, -0.15) is 5.10 Å². The zero-order chi connectivity index (χ0) is 9.92. The maximum absolute atomic E-state index is 6.08. The summed E-state index contributed by atoms with van der Waals surface area (Å²) in [5.41, 5.74) is 10.4. The first-order chi connectivity index (χ1) is 6.62. The van der Waals surface area contributed by atoms with Crippen LogP contribution >= 0.6 is 0 Å². The number of hydrogen-bond acceptors (Lipinski definition) is 2. The Balaban J connectivity index is 1.99. The number of aromatic amines is 1. The molecule has 0 bridgehead atoms. The molecule has 2 aliphatic carbocycles. The molecular formula is C11H17N3. The number of H-pyrrole nitrogens is 1. The second kappa shape index (κ2) is 2.40. The van der Waals surface area contributed by atoms with Crippen molar-refractivity contribution in [3.63, 3.8) is 0 Å². The van der Waals surface area contributed by atoms with Crippen LogP contribution in [-0.4, -0.2) is 16.2 Å². The van der Waals surface area contributed by atoms with Crippen molar-refractivity contribution in [3.05, 3.63) is 17.0 Å². The standard InChI is InChI=1S/C11H17N3/c1-11(2)8(10(11)12)9-6-4-3-5-7(6)13-14-9/h8,10H,3-5,12H2,1-2H3,(H,13,14)/t8-,10-/m1/s1. The molecule has 0 unspecified atom stereocenters. The molecule has 3 N–H and O–H groups in total. The topological polar surface area (TPSA) is 54.7 Å². The average molecular weight is 191 g/mol. The Labute approximate surface area is 84.1 Å². The van der Waals surface area contributed by atoms with Gasteiger partial charge in [0.2, 0.25) is 0 Å². The maximum Gasteiger partial charge on any atom is 0.0709 e. The van der Waals surface area contributed by atoms with Gasteiger partial charge in [-0.1, -0.05) is 13.8 Å². The first kappa shape index (κ1) is 8.48. The molecule has 1 aromatic rings. The molecule has 0 spiro atoms. The highest BCUT2D eigenvalue weighted by Crippen LogP contribution is 2.58. The van der Waals surface area contributed by atoms with Gasteiger partial charge in [-0.15, -0.1) is 0 Å². The fourth-order valence-corrected chi connectivity index (χ4v) is 2.80. The highest BCUT2D eigenvalue weighted by molar-refractivity contribution is 5.39. The number of aryl methyl sites for hydroxylation is 1. The van der Waals surface area contributed by atoms with Gasteiger partial charge in [-0.3, -0.25) is 5.10 Å². The molecule has 1 aromatic heterocycles. The van der Waals surface area contributed by atoms with Crippen molar-refractivity contribution in [2.24, 2.45) is 11.1 Å². The summed E-state index contributed by atoms with van der Waals surface area (Å²) in [7, 11) is 0. The molecule has 3 rings (SSSR count). The summed E-state index contributed by atoms with van der Waals surface area (Å²) in [5.74, 6) is 0.487. The van der Waals surface area contributed by atoms with Crippen LogP contribution in [0.2, 0.25) is 0 Å². The van der Waals surface area contributed by atoms with Crippen LogP contribution in [0.4, 0.5) is 0 Å². The minimum atomic E-state index is 0.256. The fourth-order valence-electron chi connectivity index (χ4n) is 2.80. The van der Waals surface area contributed by atoms with Crippen LogP contribution in [-0.2, 0) is 12.8 Å². The predicted octanol–water partition coefficient (Wildman–Crippen LogP) is 1.35. The number of nitrogens with two attached hydrogens (primary N) is 1. The molecule has 2 aliphatic rings. The minimum absolute atomic E-state index is 0.256. The highest BCUT2D eigenvalue weighted by atomic mass is 15.1. The van der Waals surface area contributed by atoms with E-state index < -0.39 is 0 Å². The lowest BCUT2D eigenvalue weighted by molar-refractivity contribution is 0.593. The summed E-state index contributed by atoms with van der Waals surface area (Å²) in [4.78, 5) is 0. The minimum Gasteiger partial charge on any atom is -0.327 e. The van der Waals surface area contributed by atoms with E-state index in [1.165, 1.54) is 36.2 Å². The third-order valence-corrected chi connectivity index (χ3v) is 4.04. The molecule has 0 radical (unpaired) electrons. The molecule has 3 nitrogen and oxygen atoms in total. The number of fused-ring (bicyclic) bond motifs is 1. The van der Waals surface area contributed by atoms with Crippen LogP contribution in [0.5, 0.6) is 0 Å². The van der Waals surface area contributed by atoms with Crippen LogP contribution in [0.25, 0.3) is 0 Å². The van der Waals surface area contributed by atoms with Crippen molar-refractivity contribution in [1.29, 1.82) is 0 Å². The number of hydrogen-bond donors (Lipinski definition) is 2. The van der Waals surface area contributed by atoms with Gasteiger partial charge in [0.05, 0.1) is 5.69 Å². The van der Waals surface area contributed by atoms with Crippen LogP contribution in [0, 0.1) is 5.41 Å². The third kappa shape index (κ3) is 0.883. The molecule has 1 saturated carbocycles. The molecule has 14 heavy (non-hydrogen) atoms. The number of aromatic nitrogens is 2. The molecule has 3 heteroatoms. The van der Waals surface area contributed by atoms with Gasteiger partial charge in [0.1, 0.15) is 0 Å². The van der Waals surface area contributed by atoms with Gasteiger partial charge in [-0.05, 0) is 30.2 Å². The number of rotatable bonds is 1. The lowest BCUT2D eigenvalue weighted by Gasteiger charge is -2.00. The van der Waals surface area contributed by atoms with E-state index in [0.29, 0.717) is 12.0 Å². The molecule has 0 amide bonds. The Morgan fingerprint density at radius 1 is 1.43 bits per heavy atom. The lowest BCUT2D eigenvalue weighted by atomic mass is 10.0. The van der Waals surface area contributed by atoms with Gasteiger partial charge >= 0.3 is 0 Å². The van der Waals surface area contributed by atoms with Crippen molar-refractivity contribution < 1.29 is 0 Å². The predicted molar refractivity (Wildman–Crippen MR) is 55.1 cm³/mol. The van der Waals surface area contributed by atoms with Crippen LogP contribution in [0.15, 0.2) is 0 Å². The number of nitrogens with zero attached hydrogens (tertiary/aromatic N) is 1. The lowest BCUT2D eigenvalue weighted by Crippen LogP contribution is -2.06. The van der Waals surface area contributed by atoms with Crippen LogP contribution < -0.4 is 5.73 Å². The molecule has 0 aliphatic heterocycles. The van der Waals surface area contributed by atoms with E-state index in [1.807, 2.05) is 0 Å². The summed E-state index contributed by atoms with van der Waals surface area (Å²) in [6.45, 7) is 4.47. The molecular weight excluding hydrogens is 174 g/mol. The maximum atomic E-state index is 6.08. The smallest absolute Gasteiger partial charge is 0.0709 e. The van der Waals surface area contributed by atoms with Crippen LogP contribution in [0.3, 0.4) is 0 Å². The highest BCUT2D eigenvalue weighted by Gasteiger charge is 2.58. The molecule has 2 atom stereocenters. The van der Waals surface area contributed by atoms with E-state index in [-0.39, 0.29) is 5.41 Å². The van der Waals surface area contributed by atoms with E-state index in [4.69, 9.17) is 5.73 Å². The fraction of sp³-hybridized carbons (Fsp3) is 0.727. The summed E-state index contributed by atoms with van der Waals surface area (Å²) in [6, 6.07) is 0.301. The average Bonchev–Trinajstić information content (AvgIpc) is 2.60. The van der Waals surface area contributed by atoms with E-state index in [2.05, 4.69) is 24.0 Å². The second-order valence-corrected chi connectivity index (χ2v) is 5.24. The zero-order valence-corrected chi connectivity index (χ0v) is 8.80. The Hall–Kier alpha value is -0.830. The van der Waals surface area contributed by atoms with Gasteiger partial charge in [0, 0.05) is 17.7 Å². The second-order valence-electron chi connectivity index (χ2n) is 5.24. The summed E-state index contributed by atoms with van der Waals surface area (Å²) in [5, 5.41) is 7.60. The largest absolute Gasteiger partial charge is 0.327 e. The van der Waals surface area contributed by atoms with Crippen molar-refractivity contribution >= 4 is 0 Å². The zero-order valence-electron chi connectivity index (χ0n) is 8.80. The summed E-state index contributed by atoms with van der Waals surface area (Å²) >= 11 is 0. The van der Waals surface area contributed by atoms with Crippen molar-refractivity contribution in [1.82, 2.24) is 10.2 Å². The SMILES string of the molecule is CC1(C)[C@H](N)[C@H]1c1n[nH]c2c1CCC2. The third-order valence-electron chi connectivity index (χ3n) is 4.04. The first-order valence-electron chi connectivity index (χ1n) is 5.44. The van der Waals surface area contributed by atoms with Crippen molar-refractivity contribution in [3.8, 4) is 0 Å². The van der Waals surface area contributed by atoms with E-state index in [9.17, 15) is 0 Å². The van der Waals surface area contributed by atoms with Gasteiger partial charge < -0.3 is 5.73 Å². The van der Waals surface area contributed by atoms with Crippen molar-refractivity contribution in [2.75, 3.05) is 0 Å². The first-order valence-corrected chi connectivity index (χ1v) is 5.44. The monoisotopic (exact) mass is 191 g/mol. The van der Waals surface area contributed by atoms with E-state index in [1.54, 1.807) is 0 Å². The normalized spacial score (nSPS) is 33.1. The van der Waals surface area contributed by atoms with E-state index in [0.717, 1.165) is 0 Å². The Morgan fingerprint density at radius 2 is 2.14 bits per heavy atom. The molecule has 0 saturated heterocycles. The van der Waals surface area contributed by atoms with Gasteiger partial charge in [0.15, 0.2) is 0 Å². The van der Waals surface area contributed by atoms with E-state index >= 15 is 0 Å². The quantitative estimate of drug-likeness (QED) is 0.704. The van der Waals surface area contributed by atoms with Crippen LogP contribution in [0.1, 0.15) is 43.1 Å². The van der Waals surface area contributed by atoms with Gasteiger partial charge in [0.25, 0.3) is 0 Å². The molecule has 0 aromatic carbocycles. The molecule has 1 fully saturated rings.